The molecule has 1 aromatic heterocycles. The Kier molecular flexibility index (Phi) is 3.48. The molecule has 0 bridgehead atoms. The van der Waals surface area contributed by atoms with Crippen LogP contribution in [0.3, 0.4) is 0 Å². The summed E-state index contributed by atoms with van der Waals surface area (Å²) in [4.78, 5) is 11.0. The smallest absolute Gasteiger partial charge is 0.336 e. The standard InChI is InChI=1S/C14H14O4/c1-9(8-15)2-3-10-6-11-4-5-14(17)18-13(11)7-12(10)16/h2,4-7,15-16H,3,8H2,1H3/b9-2-. The maximum Gasteiger partial charge on any atom is 0.336 e. The number of phenolic OH excluding ortho intramolecular Hbond substituents is 1. The molecule has 0 unspecified atom stereocenters. The van der Waals surface area contributed by atoms with Crippen LogP contribution in [0.2, 0.25) is 0 Å². The molecule has 0 spiro atoms. The van der Waals surface area contributed by atoms with Crippen molar-refractivity contribution in [1.82, 2.24) is 0 Å². The summed E-state index contributed by atoms with van der Waals surface area (Å²) >= 11 is 0. The third kappa shape index (κ3) is 2.60. The molecule has 0 radical (unpaired) electrons. The third-order valence-electron chi connectivity index (χ3n) is 2.74. The van der Waals surface area contributed by atoms with E-state index < -0.39 is 5.63 Å². The van der Waals surface area contributed by atoms with E-state index in [4.69, 9.17) is 9.52 Å². The van der Waals surface area contributed by atoms with Crippen LogP contribution in [0.5, 0.6) is 5.75 Å². The first-order valence-electron chi connectivity index (χ1n) is 5.62. The van der Waals surface area contributed by atoms with Crippen molar-refractivity contribution in [2.24, 2.45) is 0 Å². The van der Waals surface area contributed by atoms with Gasteiger partial charge in [-0.25, -0.2) is 4.79 Å². The van der Waals surface area contributed by atoms with E-state index in [1.165, 1.54) is 12.1 Å². The number of hydrogen-bond acceptors (Lipinski definition) is 4. The van der Waals surface area contributed by atoms with Crippen molar-refractivity contribution >= 4 is 11.0 Å². The Balaban J connectivity index is 2.43. The Labute approximate surface area is 104 Å². The predicted octanol–water partition coefficient (Wildman–Crippen LogP) is 1.98. The summed E-state index contributed by atoms with van der Waals surface area (Å²) in [5.41, 5.74) is 1.50. The highest BCUT2D eigenvalue weighted by atomic mass is 16.4. The van der Waals surface area contributed by atoms with Crippen LogP contribution in [0, 0.1) is 0 Å². The summed E-state index contributed by atoms with van der Waals surface area (Å²) in [6.45, 7) is 1.82. The zero-order valence-corrected chi connectivity index (χ0v) is 10.0. The number of aliphatic hydroxyl groups excluding tert-OH is 1. The van der Waals surface area contributed by atoms with E-state index in [9.17, 15) is 9.90 Å². The van der Waals surface area contributed by atoms with Crippen molar-refractivity contribution in [3.8, 4) is 5.75 Å². The maximum atomic E-state index is 11.0. The normalized spacial score (nSPS) is 12.0. The second-order valence-corrected chi connectivity index (χ2v) is 4.19. The van der Waals surface area contributed by atoms with Gasteiger partial charge in [-0.1, -0.05) is 11.6 Å². The Morgan fingerprint density at radius 2 is 2.17 bits per heavy atom. The van der Waals surface area contributed by atoms with Gasteiger partial charge in [0.2, 0.25) is 0 Å². The molecule has 0 fully saturated rings. The van der Waals surface area contributed by atoms with Crippen molar-refractivity contribution in [3.05, 3.63) is 51.9 Å². The molecule has 0 aliphatic rings. The topological polar surface area (TPSA) is 70.7 Å². The fraction of sp³-hybridized carbons (Fsp3) is 0.214. The van der Waals surface area contributed by atoms with Crippen LogP contribution < -0.4 is 5.63 Å². The van der Waals surface area contributed by atoms with Crippen LogP contribution in [-0.2, 0) is 6.42 Å². The molecule has 0 atom stereocenters. The molecule has 2 rings (SSSR count). The second kappa shape index (κ2) is 5.06. The molecule has 1 aromatic carbocycles. The summed E-state index contributed by atoms with van der Waals surface area (Å²) in [7, 11) is 0. The molecule has 2 aromatic rings. The fourth-order valence-electron chi connectivity index (χ4n) is 1.66. The molecule has 4 heteroatoms. The number of hydrogen-bond donors (Lipinski definition) is 2. The molecule has 0 aliphatic heterocycles. The van der Waals surface area contributed by atoms with Gasteiger partial charge in [0.25, 0.3) is 0 Å². The van der Waals surface area contributed by atoms with Gasteiger partial charge < -0.3 is 14.6 Å². The summed E-state index contributed by atoms with van der Waals surface area (Å²) in [6.07, 6.45) is 2.37. The lowest BCUT2D eigenvalue weighted by atomic mass is 10.1. The van der Waals surface area contributed by atoms with Crippen LogP contribution in [-0.4, -0.2) is 16.8 Å². The van der Waals surface area contributed by atoms with Crippen LogP contribution in [0.1, 0.15) is 12.5 Å². The average molecular weight is 246 g/mol. The Morgan fingerprint density at radius 1 is 1.39 bits per heavy atom. The van der Waals surface area contributed by atoms with Gasteiger partial charge in [0.1, 0.15) is 11.3 Å². The number of aliphatic hydroxyl groups is 1. The van der Waals surface area contributed by atoms with Crippen molar-refractivity contribution < 1.29 is 14.6 Å². The van der Waals surface area contributed by atoms with E-state index in [-0.39, 0.29) is 12.4 Å². The second-order valence-electron chi connectivity index (χ2n) is 4.19. The largest absolute Gasteiger partial charge is 0.508 e. The Hall–Kier alpha value is -2.07. The van der Waals surface area contributed by atoms with E-state index in [0.29, 0.717) is 12.0 Å². The van der Waals surface area contributed by atoms with E-state index in [1.807, 2.05) is 13.0 Å². The highest BCUT2D eigenvalue weighted by Crippen LogP contribution is 2.24. The first-order valence-corrected chi connectivity index (χ1v) is 5.62. The first kappa shape index (κ1) is 12.4. The molecule has 0 saturated heterocycles. The third-order valence-corrected chi connectivity index (χ3v) is 2.74. The summed E-state index contributed by atoms with van der Waals surface area (Å²) in [5.74, 6) is 0.0823. The molecule has 0 aliphatic carbocycles. The molecule has 2 N–H and O–H groups in total. The zero-order valence-electron chi connectivity index (χ0n) is 10.0. The number of benzene rings is 1. The molecular weight excluding hydrogens is 232 g/mol. The molecule has 94 valence electrons. The SMILES string of the molecule is C/C(=C/Cc1cc2ccc(=O)oc2cc1O)CO. The van der Waals surface area contributed by atoms with Crippen LogP contribution in [0.4, 0.5) is 0 Å². The lowest BCUT2D eigenvalue weighted by molar-refractivity contribution is 0.331. The number of aromatic hydroxyl groups is 1. The van der Waals surface area contributed by atoms with Gasteiger partial charge in [-0.2, -0.15) is 0 Å². The minimum absolute atomic E-state index is 0.00319. The van der Waals surface area contributed by atoms with Gasteiger partial charge in [0.15, 0.2) is 0 Å². The van der Waals surface area contributed by atoms with Crippen LogP contribution in [0.15, 0.2) is 45.1 Å². The fourth-order valence-corrected chi connectivity index (χ4v) is 1.66. The first-order chi connectivity index (χ1) is 8.60. The van der Waals surface area contributed by atoms with Crippen molar-refractivity contribution in [2.75, 3.05) is 6.61 Å². The summed E-state index contributed by atoms with van der Waals surface area (Å²) in [5, 5.41) is 19.5. The molecule has 0 saturated carbocycles. The van der Waals surface area contributed by atoms with Gasteiger partial charge >= 0.3 is 5.63 Å². The Morgan fingerprint density at radius 3 is 2.89 bits per heavy atom. The summed E-state index contributed by atoms with van der Waals surface area (Å²) in [6, 6.07) is 6.22. The predicted molar refractivity (Wildman–Crippen MR) is 68.7 cm³/mol. The minimum atomic E-state index is -0.439. The lowest BCUT2D eigenvalue weighted by Crippen LogP contribution is -1.95. The minimum Gasteiger partial charge on any atom is -0.508 e. The Bertz CT molecular complexity index is 652. The van der Waals surface area contributed by atoms with Gasteiger partial charge in [-0.15, -0.1) is 0 Å². The van der Waals surface area contributed by atoms with E-state index in [0.717, 1.165) is 16.5 Å². The number of phenols is 1. The highest BCUT2D eigenvalue weighted by molar-refractivity contribution is 5.79. The van der Waals surface area contributed by atoms with Crippen molar-refractivity contribution in [3.63, 3.8) is 0 Å². The van der Waals surface area contributed by atoms with E-state index in [1.54, 1.807) is 12.1 Å². The highest BCUT2D eigenvalue weighted by Gasteiger charge is 2.05. The molecule has 0 amide bonds. The average Bonchev–Trinajstić information content (AvgIpc) is 2.35. The molecular formula is C14H14O4. The number of fused-ring (bicyclic) bond motifs is 1. The lowest BCUT2D eigenvalue weighted by Gasteiger charge is -2.04. The maximum absolute atomic E-state index is 11.0. The van der Waals surface area contributed by atoms with E-state index in [2.05, 4.69) is 0 Å². The zero-order chi connectivity index (χ0) is 13.1. The van der Waals surface area contributed by atoms with Gasteiger partial charge in [-0.3, -0.25) is 0 Å². The van der Waals surface area contributed by atoms with E-state index >= 15 is 0 Å². The van der Waals surface area contributed by atoms with Crippen molar-refractivity contribution in [1.29, 1.82) is 0 Å². The van der Waals surface area contributed by atoms with Gasteiger partial charge in [0.05, 0.1) is 6.61 Å². The van der Waals surface area contributed by atoms with Crippen LogP contribution >= 0.6 is 0 Å². The van der Waals surface area contributed by atoms with Gasteiger partial charge in [0, 0.05) is 17.5 Å². The molecule has 4 nitrogen and oxygen atoms in total. The molecule has 18 heavy (non-hydrogen) atoms. The number of allylic oxidation sites excluding steroid dienone is 1. The quantitative estimate of drug-likeness (QED) is 0.641. The summed E-state index contributed by atoms with van der Waals surface area (Å²) < 4.78 is 4.97. The monoisotopic (exact) mass is 246 g/mol. The van der Waals surface area contributed by atoms with Crippen LogP contribution in [0.25, 0.3) is 11.0 Å². The molecule has 1 heterocycles. The van der Waals surface area contributed by atoms with Gasteiger partial charge in [-0.05, 0) is 31.0 Å². The van der Waals surface area contributed by atoms with Crippen molar-refractivity contribution in [2.45, 2.75) is 13.3 Å². The number of rotatable bonds is 3.